The van der Waals surface area contributed by atoms with E-state index >= 15 is 0 Å². The number of nitrogens with zero attached hydrogens (tertiary/aromatic N) is 1. The zero-order valence-corrected chi connectivity index (χ0v) is 17.5. The number of alkyl halides is 3. The Morgan fingerprint density at radius 2 is 1.64 bits per heavy atom. The molecule has 0 aliphatic rings. The van der Waals surface area contributed by atoms with E-state index in [1.807, 2.05) is 6.07 Å². The number of para-hydroxylation sites is 4. The SMILES string of the molecule is COc1ccccc1OC(C)CN=C(N)Nc1ccccc1OC(F)(F)F.I. The van der Waals surface area contributed by atoms with Crippen LogP contribution in [0.3, 0.4) is 0 Å². The number of ether oxygens (including phenoxy) is 3. The Bertz CT molecular complexity index is 788. The van der Waals surface area contributed by atoms with E-state index in [1.165, 1.54) is 25.3 Å². The molecule has 0 saturated carbocycles. The van der Waals surface area contributed by atoms with Gasteiger partial charge in [-0.1, -0.05) is 24.3 Å². The van der Waals surface area contributed by atoms with Gasteiger partial charge in [0.15, 0.2) is 23.2 Å². The van der Waals surface area contributed by atoms with Crippen LogP contribution >= 0.6 is 24.0 Å². The monoisotopic (exact) mass is 511 g/mol. The van der Waals surface area contributed by atoms with Crippen molar-refractivity contribution in [3.05, 3.63) is 48.5 Å². The van der Waals surface area contributed by atoms with Crippen LogP contribution in [0.5, 0.6) is 17.2 Å². The van der Waals surface area contributed by atoms with Gasteiger partial charge in [0, 0.05) is 0 Å². The predicted octanol–water partition coefficient (Wildman–Crippen LogP) is 4.41. The van der Waals surface area contributed by atoms with E-state index in [4.69, 9.17) is 15.2 Å². The van der Waals surface area contributed by atoms with Gasteiger partial charge < -0.3 is 25.3 Å². The topological polar surface area (TPSA) is 78.1 Å². The summed E-state index contributed by atoms with van der Waals surface area (Å²) in [6, 6.07) is 12.7. The smallest absolute Gasteiger partial charge is 0.493 e. The van der Waals surface area contributed by atoms with Crippen LogP contribution in [0.1, 0.15) is 6.92 Å². The number of methoxy groups -OCH3 is 1. The minimum atomic E-state index is -4.80. The van der Waals surface area contributed by atoms with Crippen LogP contribution in [-0.2, 0) is 0 Å². The first-order valence-electron chi connectivity index (χ1n) is 8.00. The standard InChI is InChI=1S/C18H20F3N3O3.HI/c1-12(26-16-10-6-5-9-15(16)25-2)11-23-17(22)24-13-7-3-4-8-14(13)27-18(19,20)21;/h3-10,12H,11H2,1-2H3,(H3,22,23,24);1H. The molecule has 6 nitrogen and oxygen atoms in total. The molecule has 28 heavy (non-hydrogen) atoms. The van der Waals surface area contributed by atoms with E-state index in [0.29, 0.717) is 11.5 Å². The maximum atomic E-state index is 12.4. The Morgan fingerprint density at radius 3 is 2.25 bits per heavy atom. The molecule has 0 bridgehead atoms. The Balaban J connectivity index is 0.00000392. The molecule has 1 atom stereocenters. The average molecular weight is 511 g/mol. The quantitative estimate of drug-likeness (QED) is 0.328. The Hall–Kier alpha value is -2.37. The van der Waals surface area contributed by atoms with E-state index in [9.17, 15) is 13.2 Å². The number of halogens is 4. The summed E-state index contributed by atoms with van der Waals surface area (Å²) in [5.74, 6) is 0.668. The van der Waals surface area contributed by atoms with Gasteiger partial charge in [-0.05, 0) is 31.2 Å². The summed E-state index contributed by atoms with van der Waals surface area (Å²) < 4.78 is 52.2. The molecule has 0 aromatic heterocycles. The molecule has 0 saturated heterocycles. The third kappa shape index (κ3) is 7.71. The fourth-order valence-corrected chi connectivity index (χ4v) is 2.16. The van der Waals surface area contributed by atoms with Crippen molar-refractivity contribution in [2.24, 2.45) is 10.7 Å². The van der Waals surface area contributed by atoms with Crippen LogP contribution in [0.4, 0.5) is 18.9 Å². The van der Waals surface area contributed by atoms with Crippen molar-refractivity contribution in [1.29, 1.82) is 0 Å². The van der Waals surface area contributed by atoms with E-state index in [0.717, 1.165) is 0 Å². The minimum absolute atomic E-state index is 0. The fourth-order valence-electron chi connectivity index (χ4n) is 2.16. The van der Waals surface area contributed by atoms with Crippen LogP contribution in [0.25, 0.3) is 0 Å². The number of benzene rings is 2. The zero-order chi connectivity index (χ0) is 19.9. The second-order valence-corrected chi connectivity index (χ2v) is 5.47. The summed E-state index contributed by atoms with van der Waals surface area (Å²) in [6.45, 7) is 1.96. The van der Waals surface area contributed by atoms with E-state index in [-0.39, 0.29) is 48.3 Å². The highest BCUT2D eigenvalue weighted by Crippen LogP contribution is 2.30. The van der Waals surface area contributed by atoms with Crippen LogP contribution in [-0.4, -0.2) is 32.1 Å². The highest BCUT2D eigenvalue weighted by atomic mass is 127. The lowest BCUT2D eigenvalue weighted by atomic mass is 10.3. The first kappa shape index (κ1) is 23.7. The van der Waals surface area contributed by atoms with Crippen molar-refractivity contribution in [3.63, 3.8) is 0 Å². The van der Waals surface area contributed by atoms with Gasteiger partial charge in [0.05, 0.1) is 19.3 Å². The van der Waals surface area contributed by atoms with Crippen LogP contribution in [0, 0.1) is 0 Å². The zero-order valence-electron chi connectivity index (χ0n) is 15.2. The second kappa shape index (κ2) is 10.8. The molecule has 2 rings (SSSR count). The average Bonchev–Trinajstić information content (AvgIpc) is 2.61. The molecule has 154 valence electrons. The van der Waals surface area contributed by atoms with Gasteiger partial charge in [-0.3, -0.25) is 0 Å². The van der Waals surface area contributed by atoms with Gasteiger partial charge >= 0.3 is 6.36 Å². The lowest BCUT2D eigenvalue weighted by Crippen LogP contribution is -2.26. The highest BCUT2D eigenvalue weighted by Gasteiger charge is 2.32. The van der Waals surface area contributed by atoms with Crippen molar-refractivity contribution in [2.75, 3.05) is 19.0 Å². The largest absolute Gasteiger partial charge is 0.573 e. The Labute approximate surface area is 177 Å². The molecule has 0 aliphatic carbocycles. The molecule has 3 N–H and O–H groups in total. The Kier molecular flexibility index (Phi) is 9.16. The number of rotatable bonds is 7. The molecule has 2 aromatic rings. The number of aliphatic imine (C=N–C) groups is 1. The van der Waals surface area contributed by atoms with Gasteiger partial charge in [0.25, 0.3) is 0 Å². The molecular formula is C18H21F3IN3O3. The molecule has 10 heteroatoms. The van der Waals surface area contributed by atoms with E-state index < -0.39 is 12.1 Å². The number of nitrogens with one attached hydrogen (secondary N) is 1. The summed E-state index contributed by atoms with van der Waals surface area (Å²) in [4.78, 5) is 4.09. The molecule has 0 spiro atoms. The fraction of sp³-hybridized carbons (Fsp3) is 0.278. The molecule has 0 amide bonds. The summed E-state index contributed by atoms with van der Waals surface area (Å²) >= 11 is 0. The predicted molar refractivity (Wildman–Crippen MR) is 112 cm³/mol. The summed E-state index contributed by atoms with van der Waals surface area (Å²) in [7, 11) is 1.54. The van der Waals surface area contributed by atoms with Crippen LogP contribution in [0.2, 0.25) is 0 Å². The van der Waals surface area contributed by atoms with Gasteiger partial charge in [-0.2, -0.15) is 0 Å². The van der Waals surface area contributed by atoms with Gasteiger partial charge in [0.2, 0.25) is 0 Å². The van der Waals surface area contributed by atoms with Crippen molar-refractivity contribution in [2.45, 2.75) is 19.4 Å². The highest BCUT2D eigenvalue weighted by molar-refractivity contribution is 14.0. The summed E-state index contributed by atoms with van der Waals surface area (Å²) in [6.07, 6.45) is -5.15. The first-order chi connectivity index (χ1) is 12.8. The number of anilines is 1. The number of hydrogen-bond acceptors (Lipinski definition) is 4. The molecule has 0 heterocycles. The van der Waals surface area contributed by atoms with Crippen molar-refractivity contribution in [3.8, 4) is 17.2 Å². The van der Waals surface area contributed by atoms with Gasteiger partial charge in [-0.25, -0.2) is 4.99 Å². The van der Waals surface area contributed by atoms with Gasteiger partial charge in [-0.15, -0.1) is 37.1 Å². The molecule has 0 aliphatic heterocycles. The van der Waals surface area contributed by atoms with E-state index in [2.05, 4.69) is 15.0 Å². The summed E-state index contributed by atoms with van der Waals surface area (Å²) in [5, 5.41) is 2.60. The molecular weight excluding hydrogens is 490 g/mol. The normalized spacial score (nSPS) is 12.5. The van der Waals surface area contributed by atoms with E-state index in [1.54, 1.807) is 31.2 Å². The molecule has 1 unspecified atom stereocenters. The van der Waals surface area contributed by atoms with Crippen LogP contribution < -0.4 is 25.3 Å². The maximum absolute atomic E-state index is 12.4. The summed E-state index contributed by atoms with van der Waals surface area (Å²) in [5.41, 5.74) is 5.81. The molecule has 0 radical (unpaired) electrons. The van der Waals surface area contributed by atoms with Gasteiger partial charge in [0.1, 0.15) is 6.10 Å². The van der Waals surface area contributed by atoms with Crippen molar-refractivity contribution < 1.29 is 27.4 Å². The van der Waals surface area contributed by atoms with Crippen molar-refractivity contribution in [1.82, 2.24) is 0 Å². The molecule has 0 fully saturated rings. The number of hydrogen-bond donors (Lipinski definition) is 2. The number of guanidine groups is 1. The number of nitrogens with two attached hydrogens (primary N) is 1. The lowest BCUT2D eigenvalue weighted by Gasteiger charge is -2.16. The van der Waals surface area contributed by atoms with Crippen molar-refractivity contribution >= 4 is 35.6 Å². The second-order valence-electron chi connectivity index (χ2n) is 5.47. The first-order valence-corrected chi connectivity index (χ1v) is 8.00. The Morgan fingerprint density at radius 1 is 1.07 bits per heavy atom. The third-order valence-corrected chi connectivity index (χ3v) is 3.29. The molecule has 2 aromatic carbocycles. The third-order valence-electron chi connectivity index (χ3n) is 3.29. The minimum Gasteiger partial charge on any atom is -0.493 e. The van der Waals surface area contributed by atoms with Crippen LogP contribution in [0.15, 0.2) is 53.5 Å². The maximum Gasteiger partial charge on any atom is 0.573 e. The lowest BCUT2D eigenvalue weighted by molar-refractivity contribution is -0.274.